The maximum Gasteiger partial charge on any atom is 0.320 e. The second-order valence-electron chi connectivity index (χ2n) is 4.50. The number of aliphatic carboxylic acids is 1. The van der Waals surface area contributed by atoms with Crippen LogP contribution in [0, 0.1) is 5.92 Å². The van der Waals surface area contributed by atoms with E-state index in [0.717, 1.165) is 5.56 Å². The van der Waals surface area contributed by atoms with Gasteiger partial charge in [0.1, 0.15) is 6.04 Å². The monoisotopic (exact) mass is 255 g/mol. The molecule has 17 heavy (non-hydrogen) atoms. The van der Waals surface area contributed by atoms with E-state index in [1.807, 2.05) is 31.2 Å². The van der Waals surface area contributed by atoms with Gasteiger partial charge >= 0.3 is 5.97 Å². The Bertz CT molecular complexity index is 378. The summed E-state index contributed by atoms with van der Waals surface area (Å²) in [5, 5.41) is 9.48. The molecule has 0 saturated carbocycles. The Hall–Kier alpha value is -1.06. The maximum absolute atomic E-state index is 10.7. The second kappa shape index (κ2) is 6.03. The summed E-state index contributed by atoms with van der Waals surface area (Å²) in [6.07, 6.45) is 0.471. The quantitative estimate of drug-likeness (QED) is 0.850. The summed E-state index contributed by atoms with van der Waals surface area (Å²) >= 11 is 5.82. The Labute approximate surface area is 107 Å². The van der Waals surface area contributed by atoms with E-state index in [0.29, 0.717) is 11.4 Å². The largest absolute Gasteiger partial charge is 0.480 e. The Balaban J connectivity index is 2.66. The highest BCUT2D eigenvalue weighted by atomic mass is 35.5. The molecule has 1 rings (SSSR count). The van der Waals surface area contributed by atoms with E-state index in [4.69, 9.17) is 22.4 Å². The molecule has 0 amide bonds. The first-order chi connectivity index (χ1) is 7.91. The van der Waals surface area contributed by atoms with Crippen LogP contribution in [0.4, 0.5) is 0 Å². The number of hydrogen-bond acceptors (Lipinski definition) is 2. The fourth-order valence-corrected chi connectivity index (χ4v) is 1.93. The van der Waals surface area contributed by atoms with Crippen molar-refractivity contribution in [1.82, 2.24) is 0 Å². The summed E-state index contributed by atoms with van der Waals surface area (Å²) in [7, 11) is 0. The summed E-state index contributed by atoms with van der Waals surface area (Å²) in [4.78, 5) is 10.7. The zero-order chi connectivity index (χ0) is 13.0. The minimum absolute atomic E-state index is 0.210. The summed E-state index contributed by atoms with van der Waals surface area (Å²) in [5.74, 6) is -0.472. The first-order valence-electron chi connectivity index (χ1n) is 5.65. The van der Waals surface area contributed by atoms with Crippen molar-refractivity contribution < 1.29 is 9.90 Å². The summed E-state index contributed by atoms with van der Waals surface area (Å²) < 4.78 is 0. The lowest BCUT2D eigenvalue weighted by molar-refractivity contribution is -0.138. The molecule has 1 aromatic rings. The Morgan fingerprint density at radius 2 is 1.88 bits per heavy atom. The number of rotatable bonds is 5. The van der Waals surface area contributed by atoms with Crippen molar-refractivity contribution in [1.29, 1.82) is 0 Å². The lowest BCUT2D eigenvalue weighted by atomic mass is 9.85. The van der Waals surface area contributed by atoms with E-state index in [1.165, 1.54) is 0 Å². The summed E-state index contributed by atoms with van der Waals surface area (Å²) in [5.41, 5.74) is 6.69. The average Bonchev–Trinajstić information content (AvgIpc) is 2.28. The van der Waals surface area contributed by atoms with E-state index < -0.39 is 12.0 Å². The number of nitrogens with two attached hydrogens (primary N) is 1. The molecule has 4 heteroatoms. The molecule has 0 saturated heterocycles. The van der Waals surface area contributed by atoms with Crippen molar-refractivity contribution in [3.05, 3.63) is 34.9 Å². The first-order valence-corrected chi connectivity index (χ1v) is 6.03. The standard InChI is InChI=1S/C13H18ClNO2/c1-8(7-12(15)13(16)17)9(2)10-3-5-11(14)6-4-10/h3-6,8-9,12H,7,15H2,1-2H3,(H,16,17). The van der Waals surface area contributed by atoms with Crippen LogP contribution in [0.2, 0.25) is 5.02 Å². The molecule has 0 bridgehead atoms. The number of carbonyl (C=O) groups is 1. The van der Waals surface area contributed by atoms with Crippen LogP contribution in [0.5, 0.6) is 0 Å². The highest BCUT2D eigenvalue weighted by molar-refractivity contribution is 6.30. The van der Waals surface area contributed by atoms with Crippen LogP contribution in [-0.2, 0) is 4.79 Å². The number of carboxylic acids is 1. The minimum atomic E-state index is -0.944. The van der Waals surface area contributed by atoms with Gasteiger partial charge in [0.25, 0.3) is 0 Å². The third kappa shape index (κ3) is 4.02. The SMILES string of the molecule is CC(CC(N)C(=O)O)C(C)c1ccc(Cl)cc1. The normalized spacial score (nSPS) is 16.2. The molecule has 0 aliphatic rings. The molecule has 0 aliphatic heterocycles. The van der Waals surface area contributed by atoms with Gasteiger partial charge in [-0.05, 0) is 36.0 Å². The number of benzene rings is 1. The van der Waals surface area contributed by atoms with Crippen LogP contribution in [0.25, 0.3) is 0 Å². The van der Waals surface area contributed by atoms with Gasteiger partial charge in [-0.25, -0.2) is 0 Å². The van der Waals surface area contributed by atoms with Crippen molar-refractivity contribution in [2.45, 2.75) is 32.2 Å². The predicted octanol–water partition coefficient (Wildman–Crippen LogP) is 2.88. The van der Waals surface area contributed by atoms with E-state index >= 15 is 0 Å². The van der Waals surface area contributed by atoms with Crippen molar-refractivity contribution >= 4 is 17.6 Å². The topological polar surface area (TPSA) is 63.3 Å². The fourth-order valence-electron chi connectivity index (χ4n) is 1.80. The molecule has 1 aromatic carbocycles. The number of halogens is 1. The van der Waals surface area contributed by atoms with Crippen LogP contribution in [0.1, 0.15) is 31.7 Å². The molecule has 3 unspecified atom stereocenters. The fraction of sp³-hybridized carbons (Fsp3) is 0.462. The van der Waals surface area contributed by atoms with Crippen molar-refractivity contribution in [2.24, 2.45) is 11.7 Å². The molecule has 0 fully saturated rings. The van der Waals surface area contributed by atoms with Gasteiger partial charge in [0.15, 0.2) is 0 Å². The molecule has 3 nitrogen and oxygen atoms in total. The van der Waals surface area contributed by atoms with Crippen LogP contribution in [0.3, 0.4) is 0 Å². The molecule has 0 aromatic heterocycles. The van der Waals surface area contributed by atoms with Crippen LogP contribution < -0.4 is 5.73 Å². The molecule has 0 spiro atoms. The number of hydrogen-bond donors (Lipinski definition) is 2. The van der Waals surface area contributed by atoms with Gasteiger partial charge in [-0.3, -0.25) is 4.79 Å². The van der Waals surface area contributed by atoms with Gasteiger partial charge in [-0.15, -0.1) is 0 Å². The molecule has 3 N–H and O–H groups in total. The molecule has 0 heterocycles. The zero-order valence-corrected chi connectivity index (χ0v) is 10.8. The zero-order valence-electron chi connectivity index (χ0n) is 10.1. The predicted molar refractivity (Wildman–Crippen MR) is 69.3 cm³/mol. The first kappa shape index (κ1) is 14.0. The third-order valence-electron chi connectivity index (χ3n) is 3.19. The Kier molecular flexibility index (Phi) is 4.97. The minimum Gasteiger partial charge on any atom is -0.480 e. The van der Waals surface area contributed by atoms with Crippen molar-refractivity contribution in [2.75, 3.05) is 0 Å². The van der Waals surface area contributed by atoms with E-state index in [9.17, 15) is 4.79 Å². The van der Waals surface area contributed by atoms with E-state index in [2.05, 4.69) is 6.92 Å². The van der Waals surface area contributed by atoms with Crippen LogP contribution in [0.15, 0.2) is 24.3 Å². The van der Waals surface area contributed by atoms with Gasteiger partial charge < -0.3 is 10.8 Å². The highest BCUT2D eigenvalue weighted by Gasteiger charge is 2.20. The molecule has 0 radical (unpaired) electrons. The van der Waals surface area contributed by atoms with Gasteiger partial charge in [-0.1, -0.05) is 37.6 Å². The Morgan fingerprint density at radius 1 is 1.35 bits per heavy atom. The summed E-state index contributed by atoms with van der Waals surface area (Å²) in [6.45, 7) is 4.09. The lowest BCUT2D eigenvalue weighted by Gasteiger charge is -2.22. The van der Waals surface area contributed by atoms with Crippen molar-refractivity contribution in [3.63, 3.8) is 0 Å². The molecule has 94 valence electrons. The van der Waals surface area contributed by atoms with Gasteiger partial charge in [0, 0.05) is 5.02 Å². The summed E-state index contributed by atoms with van der Waals surface area (Å²) in [6, 6.07) is 6.83. The van der Waals surface area contributed by atoms with Crippen molar-refractivity contribution in [3.8, 4) is 0 Å². The molecule has 0 aliphatic carbocycles. The maximum atomic E-state index is 10.7. The molecule has 3 atom stereocenters. The molecular formula is C13H18ClNO2. The van der Waals surface area contributed by atoms with E-state index in [-0.39, 0.29) is 11.8 Å². The van der Waals surface area contributed by atoms with Crippen LogP contribution in [-0.4, -0.2) is 17.1 Å². The third-order valence-corrected chi connectivity index (χ3v) is 3.44. The van der Waals surface area contributed by atoms with Gasteiger partial charge in [-0.2, -0.15) is 0 Å². The lowest BCUT2D eigenvalue weighted by Crippen LogP contribution is -2.32. The van der Waals surface area contributed by atoms with E-state index in [1.54, 1.807) is 0 Å². The molecular weight excluding hydrogens is 238 g/mol. The van der Waals surface area contributed by atoms with Gasteiger partial charge in [0.2, 0.25) is 0 Å². The van der Waals surface area contributed by atoms with Gasteiger partial charge in [0.05, 0.1) is 0 Å². The smallest absolute Gasteiger partial charge is 0.320 e. The Morgan fingerprint density at radius 3 is 2.35 bits per heavy atom. The van der Waals surface area contributed by atoms with Crippen LogP contribution >= 0.6 is 11.6 Å². The average molecular weight is 256 g/mol. The highest BCUT2D eigenvalue weighted by Crippen LogP contribution is 2.28. The second-order valence-corrected chi connectivity index (χ2v) is 4.93. The number of carboxylic acid groups (broad SMARTS) is 1.